The topological polar surface area (TPSA) is 102 Å². The Morgan fingerprint density at radius 2 is 2.00 bits per heavy atom. The molecule has 1 atom stereocenters. The molecular formula is C19H20N2O6S. The summed E-state index contributed by atoms with van der Waals surface area (Å²) in [5.41, 5.74) is 0.438. The van der Waals surface area contributed by atoms with Gasteiger partial charge in [0.05, 0.1) is 16.7 Å². The van der Waals surface area contributed by atoms with Gasteiger partial charge in [-0.15, -0.1) is 0 Å². The molecule has 2 aromatic carbocycles. The van der Waals surface area contributed by atoms with Crippen LogP contribution in [0.4, 0.5) is 5.69 Å². The average molecular weight is 404 g/mol. The van der Waals surface area contributed by atoms with Gasteiger partial charge in [-0.25, -0.2) is 8.42 Å². The zero-order valence-corrected chi connectivity index (χ0v) is 15.9. The Balaban J connectivity index is 1.38. The summed E-state index contributed by atoms with van der Waals surface area (Å²) in [7, 11) is -3.84. The second kappa shape index (κ2) is 7.40. The van der Waals surface area contributed by atoms with Crippen molar-refractivity contribution in [1.82, 2.24) is 5.32 Å². The third-order valence-corrected chi connectivity index (χ3v) is 6.67. The molecule has 1 N–H and O–H groups in total. The molecule has 1 amide bonds. The van der Waals surface area contributed by atoms with Crippen molar-refractivity contribution in [3.8, 4) is 0 Å². The van der Waals surface area contributed by atoms with Crippen LogP contribution in [0.25, 0.3) is 10.8 Å². The fourth-order valence-corrected chi connectivity index (χ4v) is 5.18. The van der Waals surface area contributed by atoms with Gasteiger partial charge in [0.2, 0.25) is 0 Å². The monoisotopic (exact) mass is 404 g/mol. The lowest BCUT2D eigenvalue weighted by molar-refractivity contribution is -0.147. The zero-order chi connectivity index (χ0) is 19.7. The largest absolute Gasteiger partial charge is 0.454 e. The predicted molar refractivity (Wildman–Crippen MR) is 101 cm³/mol. The van der Waals surface area contributed by atoms with E-state index in [-0.39, 0.29) is 11.0 Å². The van der Waals surface area contributed by atoms with Crippen molar-refractivity contribution in [2.75, 3.05) is 30.6 Å². The first kappa shape index (κ1) is 18.7. The third-order valence-electron chi connectivity index (χ3n) is 4.87. The van der Waals surface area contributed by atoms with Crippen LogP contribution in [0, 0.1) is 0 Å². The molecule has 1 saturated heterocycles. The minimum absolute atomic E-state index is 0.00612. The number of carbonyl (C=O) groups excluding carboxylic acids is 2. The molecule has 2 heterocycles. The molecule has 4 rings (SSSR count). The lowest BCUT2D eigenvalue weighted by Crippen LogP contribution is -2.37. The molecule has 2 aromatic rings. The van der Waals surface area contributed by atoms with Crippen molar-refractivity contribution in [3.63, 3.8) is 0 Å². The number of nitrogens with zero attached hydrogens (tertiary/aromatic N) is 1. The molecule has 2 aliphatic heterocycles. The molecular weight excluding hydrogens is 384 g/mol. The van der Waals surface area contributed by atoms with Gasteiger partial charge in [0.15, 0.2) is 6.61 Å². The summed E-state index contributed by atoms with van der Waals surface area (Å²) in [5, 5.41) is 4.02. The number of anilines is 1. The number of amides is 1. The molecule has 2 aliphatic rings. The van der Waals surface area contributed by atoms with Gasteiger partial charge in [0.1, 0.15) is 6.54 Å². The summed E-state index contributed by atoms with van der Waals surface area (Å²) < 4.78 is 37.0. The smallest absolute Gasteiger partial charge is 0.327 e. The van der Waals surface area contributed by atoms with E-state index in [9.17, 15) is 18.0 Å². The number of esters is 1. The highest BCUT2D eigenvalue weighted by Gasteiger charge is 2.37. The van der Waals surface area contributed by atoms with Crippen LogP contribution >= 0.6 is 0 Å². The fourth-order valence-electron chi connectivity index (χ4n) is 3.52. The summed E-state index contributed by atoms with van der Waals surface area (Å²) in [6, 6.07) is 10.2. The Hall–Kier alpha value is -2.65. The van der Waals surface area contributed by atoms with E-state index in [1.165, 1.54) is 6.07 Å². The van der Waals surface area contributed by atoms with Gasteiger partial charge >= 0.3 is 5.97 Å². The predicted octanol–water partition coefficient (Wildman–Crippen LogP) is 1.19. The van der Waals surface area contributed by atoms with Gasteiger partial charge in [-0.2, -0.15) is 0 Å². The first-order valence-corrected chi connectivity index (χ1v) is 10.5. The number of sulfonamides is 1. The van der Waals surface area contributed by atoms with Crippen LogP contribution in [0.1, 0.15) is 12.8 Å². The number of rotatable bonds is 6. The molecule has 148 valence electrons. The zero-order valence-electron chi connectivity index (χ0n) is 15.1. The van der Waals surface area contributed by atoms with Gasteiger partial charge in [-0.3, -0.25) is 13.9 Å². The van der Waals surface area contributed by atoms with Gasteiger partial charge in [0.25, 0.3) is 15.9 Å². The normalized spacial score (nSPS) is 19.7. The van der Waals surface area contributed by atoms with Gasteiger partial charge in [-0.1, -0.05) is 24.3 Å². The highest BCUT2D eigenvalue weighted by molar-refractivity contribution is 7.93. The van der Waals surface area contributed by atoms with Crippen LogP contribution in [0.15, 0.2) is 41.3 Å². The maximum atomic E-state index is 12.8. The average Bonchev–Trinajstić information content (AvgIpc) is 3.27. The summed E-state index contributed by atoms with van der Waals surface area (Å²) in [4.78, 5) is 24.2. The summed E-state index contributed by atoms with van der Waals surface area (Å²) in [6.45, 7) is 0.106. The molecule has 1 fully saturated rings. The van der Waals surface area contributed by atoms with E-state index >= 15 is 0 Å². The SMILES string of the molecule is O=C(COC(=O)CN1c2cccc3cccc(c23)S1(=O)=O)NC[C@H]1CCCO1. The number of carbonyl (C=O) groups is 2. The van der Waals surface area contributed by atoms with Gasteiger partial charge in [-0.05, 0) is 30.4 Å². The molecule has 0 saturated carbocycles. The van der Waals surface area contributed by atoms with E-state index < -0.39 is 35.1 Å². The molecule has 8 nitrogen and oxygen atoms in total. The molecule has 0 spiro atoms. The van der Waals surface area contributed by atoms with Gasteiger partial charge < -0.3 is 14.8 Å². The van der Waals surface area contributed by atoms with Crippen LogP contribution in [0.3, 0.4) is 0 Å². The molecule has 0 radical (unpaired) electrons. The van der Waals surface area contributed by atoms with Gasteiger partial charge in [0, 0.05) is 18.5 Å². The molecule has 9 heteroatoms. The first-order valence-electron chi connectivity index (χ1n) is 9.05. The van der Waals surface area contributed by atoms with E-state index in [1.807, 2.05) is 12.1 Å². The lowest BCUT2D eigenvalue weighted by atomic mass is 10.1. The quantitative estimate of drug-likeness (QED) is 0.726. The fraction of sp³-hybridized carbons (Fsp3) is 0.368. The lowest BCUT2D eigenvalue weighted by Gasteiger charge is -2.17. The van der Waals surface area contributed by atoms with Crippen LogP contribution in [-0.4, -0.2) is 52.7 Å². The van der Waals surface area contributed by atoms with E-state index in [2.05, 4.69) is 5.32 Å². The van der Waals surface area contributed by atoms with Crippen LogP contribution in [0.5, 0.6) is 0 Å². The Morgan fingerprint density at radius 1 is 1.21 bits per heavy atom. The number of nitrogens with one attached hydrogen (secondary N) is 1. The molecule has 0 unspecified atom stereocenters. The second-order valence-corrected chi connectivity index (χ2v) is 8.57. The number of ether oxygens (including phenoxy) is 2. The van der Waals surface area contributed by atoms with Crippen LogP contribution in [-0.2, 0) is 29.1 Å². The van der Waals surface area contributed by atoms with E-state index in [0.717, 1.165) is 22.5 Å². The Bertz CT molecular complexity index is 1020. The minimum Gasteiger partial charge on any atom is -0.454 e. The highest BCUT2D eigenvalue weighted by Crippen LogP contribution is 2.41. The van der Waals surface area contributed by atoms with Crippen molar-refractivity contribution >= 4 is 38.4 Å². The van der Waals surface area contributed by atoms with Crippen LogP contribution < -0.4 is 9.62 Å². The maximum absolute atomic E-state index is 12.8. The Morgan fingerprint density at radius 3 is 2.75 bits per heavy atom. The van der Waals surface area contributed by atoms with E-state index in [0.29, 0.717) is 24.2 Å². The second-order valence-electron chi connectivity index (χ2n) is 6.74. The minimum atomic E-state index is -3.84. The van der Waals surface area contributed by atoms with Crippen molar-refractivity contribution in [2.24, 2.45) is 0 Å². The summed E-state index contributed by atoms with van der Waals surface area (Å²) in [5.74, 6) is -1.24. The molecule has 0 bridgehead atoms. The maximum Gasteiger partial charge on any atom is 0.327 e. The third kappa shape index (κ3) is 3.43. The Labute approximate surface area is 162 Å². The molecule has 0 aliphatic carbocycles. The van der Waals surface area contributed by atoms with Crippen molar-refractivity contribution in [3.05, 3.63) is 36.4 Å². The van der Waals surface area contributed by atoms with E-state index in [4.69, 9.17) is 9.47 Å². The standard InChI is InChI=1S/C19H20N2O6S/c22-17(20-10-14-6-3-9-26-14)12-27-18(23)11-21-15-7-1-4-13-5-2-8-16(19(13)15)28(21,24)25/h1-2,4-5,7-8,14H,3,6,9-12H2,(H,20,22)/t14-/m1/s1. The highest BCUT2D eigenvalue weighted by atomic mass is 32.2. The summed E-state index contributed by atoms with van der Waals surface area (Å²) >= 11 is 0. The number of hydrogen-bond donors (Lipinski definition) is 1. The van der Waals surface area contributed by atoms with E-state index in [1.54, 1.807) is 18.2 Å². The van der Waals surface area contributed by atoms with Crippen molar-refractivity contribution in [1.29, 1.82) is 0 Å². The Kier molecular flexibility index (Phi) is 4.94. The summed E-state index contributed by atoms with van der Waals surface area (Å²) in [6.07, 6.45) is 1.85. The van der Waals surface area contributed by atoms with Crippen molar-refractivity contribution < 1.29 is 27.5 Å². The number of benzene rings is 2. The number of hydrogen-bond acceptors (Lipinski definition) is 6. The molecule has 28 heavy (non-hydrogen) atoms. The van der Waals surface area contributed by atoms with Crippen molar-refractivity contribution in [2.45, 2.75) is 23.8 Å². The first-order chi connectivity index (χ1) is 13.5. The van der Waals surface area contributed by atoms with Crippen LogP contribution in [0.2, 0.25) is 0 Å². The molecule has 0 aromatic heterocycles.